The van der Waals surface area contributed by atoms with Gasteiger partial charge in [0.25, 0.3) is 5.91 Å². The zero-order valence-corrected chi connectivity index (χ0v) is 15.8. The molecule has 2 rings (SSSR count). The molecule has 1 aromatic rings. The van der Waals surface area contributed by atoms with Crippen LogP contribution in [-0.4, -0.2) is 68.5 Å². The Balaban J connectivity index is 1.97. The van der Waals surface area contributed by atoms with Crippen molar-refractivity contribution in [3.8, 4) is 0 Å². The summed E-state index contributed by atoms with van der Waals surface area (Å²) in [4.78, 5) is 35.3. The first-order valence-electron chi connectivity index (χ1n) is 8.58. The number of ether oxygens (including phenoxy) is 1. The van der Waals surface area contributed by atoms with Crippen molar-refractivity contribution in [2.75, 3.05) is 32.0 Å². The molecule has 9 nitrogen and oxygen atoms in total. The minimum absolute atomic E-state index is 0.0350. The van der Waals surface area contributed by atoms with Crippen molar-refractivity contribution < 1.29 is 27.5 Å². The van der Waals surface area contributed by atoms with Crippen LogP contribution < -0.4 is 10.6 Å². The maximum atomic E-state index is 12.6. The number of esters is 1. The molecule has 0 saturated carbocycles. The van der Waals surface area contributed by atoms with Crippen molar-refractivity contribution in [3.63, 3.8) is 0 Å². The molecule has 1 fully saturated rings. The van der Waals surface area contributed by atoms with Crippen LogP contribution in [-0.2, 0) is 24.3 Å². The van der Waals surface area contributed by atoms with E-state index in [9.17, 15) is 22.8 Å². The topological polar surface area (TPSA) is 122 Å². The smallest absolute Gasteiger partial charge is 0.307 e. The van der Waals surface area contributed by atoms with Gasteiger partial charge in [0, 0.05) is 18.7 Å². The number of piperazine rings is 1. The first-order valence-corrected chi connectivity index (χ1v) is 10.2. The van der Waals surface area contributed by atoms with E-state index in [1.807, 2.05) is 0 Å². The quantitative estimate of drug-likeness (QED) is 0.571. The summed E-state index contributed by atoms with van der Waals surface area (Å²) >= 11 is 0. The second kappa shape index (κ2) is 9.47. The number of nitrogens with one attached hydrogen (secondary N) is 2. The molecule has 2 amide bonds. The lowest BCUT2D eigenvalue weighted by Crippen LogP contribution is -2.57. The summed E-state index contributed by atoms with van der Waals surface area (Å²) in [6.45, 7) is 1.41. The van der Waals surface area contributed by atoms with E-state index in [1.165, 1.54) is 0 Å². The van der Waals surface area contributed by atoms with E-state index in [4.69, 9.17) is 4.74 Å². The van der Waals surface area contributed by atoms with Gasteiger partial charge in [-0.1, -0.05) is 18.2 Å². The van der Waals surface area contributed by atoms with E-state index in [1.54, 1.807) is 37.3 Å². The number of amides is 2. The summed E-state index contributed by atoms with van der Waals surface area (Å²) in [7, 11) is -3.85. The number of benzene rings is 1. The fourth-order valence-corrected chi connectivity index (χ4v) is 4.19. The monoisotopic (exact) mass is 397 g/mol. The molecule has 1 saturated heterocycles. The second-order valence-electron chi connectivity index (χ2n) is 5.95. The third kappa shape index (κ3) is 6.04. The summed E-state index contributed by atoms with van der Waals surface area (Å²) in [5.41, 5.74) is 0.424. The highest BCUT2D eigenvalue weighted by molar-refractivity contribution is 7.89. The molecule has 0 aromatic heterocycles. The Kier molecular flexibility index (Phi) is 7.31. The zero-order chi connectivity index (χ0) is 19.9. The number of hydrogen-bond donors (Lipinski definition) is 2. The first-order chi connectivity index (χ1) is 12.8. The van der Waals surface area contributed by atoms with Crippen LogP contribution in [0, 0.1) is 0 Å². The molecule has 0 unspecified atom stereocenters. The van der Waals surface area contributed by atoms with Crippen molar-refractivity contribution >= 4 is 27.8 Å². The van der Waals surface area contributed by atoms with Gasteiger partial charge in [0.1, 0.15) is 0 Å². The summed E-state index contributed by atoms with van der Waals surface area (Å²) in [6.07, 6.45) is -0.149. The maximum Gasteiger partial charge on any atom is 0.307 e. The standard InChI is InChI=1S/C17H23N3O6S/c1-2-26-16(22)10-14-11-19-15(21)12-20(14)27(24,25)9-8-18-17(23)13-6-4-3-5-7-13/h3-7,14H,2,8-12H2,1H3,(H,18,23)(H,19,21)/t14-/m0/s1. The largest absolute Gasteiger partial charge is 0.466 e. The number of nitrogens with zero attached hydrogens (tertiary/aromatic N) is 1. The molecule has 0 radical (unpaired) electrons. The highest BCUT2D eigenvalue weighted by atomic mass is 32.2. The number of sulfonamides is 1. The van der Waals surface area contributed by atoms with Crippen LogP contribution in [0.2, 0.25) is 0 Å². The molecule has 1 atom stereocenters. The van der Waals surface area contributed by atoms with E-state index in [-0.39, 0.29) is 44.3 Å². The molecule has 0 aliphatic carbocycles. The number of carbonyl (C=O) groups excluding carboxylic acids is 3. The minimum Gasteiger partial charge on any atom is -0.466 e. The van der Waals surface area contributed by atoms with E-state index in [0.29, 0.717) is 5.56 Å². The van der Waals surface area contributed by atoms with Crippen LogP contribution >= 0.6 is 0 Å². The predicted molar refractivity (Wildman–Crippen MR) is 97.3 cm³/mol. The van der Waals surface area contributed by atoms with Gasteiger partial charge in [0.15, 0.2) is 0 Å². The van der Waals surface area contributed by atoms with Gasteiger partial charge in [-0.3, -0.25) is 14.4 Å². The number of rotatable bonds is 8. The molecule has 1 aliphatic heterocycles. The summed E-state index contributed by atoms with van der Waals surface area (Å²) in [6, 6.07) is 7.71. The van der Waals surface area contributed by atoms with Crippen LogP contribution in [0.4, 0.5) is 0 Å². The van der Waals surface area contributed by atoms with Crippen molar-refractivity contribution in [2.24, 2.45) is 0 Å². The molecule has 10 heteroatoms. The molecule has 148 valence electrons. The van der Waals surface area contributed by atoms with Crippen molar-refractivity contribution in [1.82, 2.24) is 14.9 Å². The lowest BCUT2D eigenvalue weighted by Gasteiger charge is -2.33. The molecule has 0 bridgehead atoms. The third-order valence-corrected chi connectivity index (χ3v) is 5.85. The van der Waals surface area contributed by atoms with Crippen LogP contribution in [0.5, 0.6) is 0 Å². The average Bonchev–Trinajstić information content (AvgIpc) is 2.64. The van der Waals surface area contributed by atoms with Gasteiger partial charge >= 0.3 is 5.97 Å². The van der Waals surface area contributed by atoms with Crippen LogP contribution in [0.3, 0.4) is 0 Å². The lowest BCUT2D eigenvalue weighted by atomic mass is 10.1. The van der Waals surface area contributed by atoms with Gasteiger partial charge in [-0.2, -0.15) is 4.31 Å². The van der Waals surface area contributed by atoms with Crippen LogP contribution in [0.15, 0.2) is 30.3 Å². The second-order valence-corrected chi connectivity index (χ2v) is 7.99. The molecular weight excluding hydrogens is 374 g/mol. The molecule has 2 N–H and O–H groups in total. The SMILES string of the molecule is CCOC(=O)C[C@H]1CNC(=O)CN1S(=O)(=O)CCNC(=O)c1ccccc1. The van der Waals surface area contributed by atoms with Crippen molar-refractivity contribution in [2.45, 2.75) is 19.4 Å². The minimum atomic E-state index is -3.85. The normalized spacial score (nSPS) is 17.8. The van der Waals surface area contributed by atoms with E-state index >= 15 is 0 Å². The number of hydrogen-bond acceptors (Lipinski definition) is 6. The Morgan fingerprint density at radius 3 is 2.67 bits per heavy atom. The molecule has 27 heavy (non-hydrogen) atoms. The molecular formula is C17H23N3O6S. The Hall–Kier alpha value is -2.46. The van der Waals surface area contributed by atoms with Crippen molar-refractivity contribution in [3.05, 3.63) is 35.9 Å². The fourth-order valence-electron chi connectivity index (χ4n) is 2.67. The maximum absolute atomic E-state index is 12.6. The van der Waals surface area contributed by atoms with Gasteiger partial charge in [0.2, 0.25) is 15.9 Å². The van der Waals surface area contributed by atoms with Crippen molar-refractivity contribution in [1.29, 1.82) is 0 Å². The Morgan fingerprint density at radius 2 is 2.00 bits per heavy atom. The van der Waals surface area contributed by atoms with Gasteiger partial charge in [-0.25, -0.2) is 8.42 Å². The Bertz CT molecular complexity index is 781. The van der Waals surface area contributed by atoms with E-state index in [0.717, 1.165) is 4.31 Å². The van der Waals surface area contributed by atoms with Gasteiger partial charge < -0.3 is 15.4 Å². The Labute approximate surface area is 158 Å². The summed E-state index contributed by atoms with van der Waals surface area (Å²) in [5.74, 6) is -1.73. The fraction of sp³-hybridized carbons (Fsp3) is 0.471. The van der Waals surface area contributed by atoms with Gasteiger partial charge in [-0.15, -0.1) is 0 Å². The van der Waals surface area contributed by atoms with E-state index < -0.39 is 27.9 Å². The highest BCUT2D eigenvalue weighted by Crippen LogP contribution is 2.15. The Morgan fingerprint density at radius 1 is 1.30 bits per heavy atom. The zero-order valence-electron chi connectivity index (χ0n) is 15.0. The summed E-state index contributed by atoms with van der Waals surface area (Å²) < 4.78 is 31.2. The average molecular weight is 397 g/mol. The lowest BCUT2D eigenvalue weighted by molar-refractivity contribution is -0.145. The molecule has 0 spiro atoms. The predicted octanol–water partition coefficient (Wildman–Crippen LogP) is -0.500. The molecule has 1 heterocycles. The van der Waals surface area contributed by atoms with Crippen LogP contribution in [0.25, 0.3) is 0 Å². The van der Waals surface area contributed by atoms with E-state index in [2.05, 4.69) is 10.6 Å². The molecule has 1 aromatic carbocycles. The summed E-state index contributed by atoms with van der Waals surface area (Å²) in [5, 5.41) is 5.10. The molecule has 1 aliphatic rings. The van der Waals surface area contributed by atoms with Crippen LogP contribution in [0.1, 0.15) is 23.7 Å². The first kappa shape index (κ1) is 20.8. The third-order valence-electron chi connectivity index (χ3n) is 3.99. The highest BCUT2D eigenvalue weighted by Gasteiger charge is 2.36. The van der Waals surface area contributed by atoms with Gasteiger partial charge in [0.05, 0.1) is 31.4 Å². The number of carbonyl (C=O) groups is 3. The van der Waals surface area contributed by atoms with Gasteiger partial charge in [-0.05, 0) is 19.1 Å².